The number of methoxy groups -OCH3 is 1. The first-order valence-corrected chi connectivity index (χ1v) is 6.52. The fourth-order valence-corrected chi connectivity index (χ4v) is 2.16. The highest BCUT2D eigenvalue weighted by Gasteiger charge is 2.22. The minimum Gasteiger partial charge on any atom is -0.504 e. The number of phenolic OH excluding ortho intramolecular Hbond substituents is 1. The van der Waals surface area contributed by atoms with Gasteiger partial charge in [0, 0.05) is 10.0 Å². The summed E-state index contributed by atoms with van der Waals surface area (Å²) in [5, 5.41) is 19.9. The van der Waals surface area contributed by atoms with E-state index in [2.05, 4.69) is 31.3 Å². The van der Waals surface area contributed by atoms with Crippen LogP contribution in [0.5, 0.6) is 11.5 Å². The molecule has 2 N–H and O–H groups in total. The van der Waals surface area contributed by atoms with Gasteiger partial charge in [0.2, 0.25) is 0 Å². The average Bonchev–Trinajstić information content (AvgIpc) is 2.90. The molecule has 0 unspecified atom stereocenters. The van der Waals surface area contributed by atoms with Crippen molar-refractivity contribution in [3.8, 4) is 22.8 Å². The Bertz CT molecular complexity index is 642. The molecule has 0 bridgehead atoms. The van der Waals surface area contributed by atoms with Crippen LogP contribution in [-0.2, 0) is 4.74 Å². The summed E-state index contributed by atoms with van der Waals surface area (Å²) in [6.07, 6.45) is 0. The molecule has 0 radical (unpaired) electrons. The number of phenols is 1. The lowest BCUT2D eigenvalue weighted by molar-refractivity contribution is 0.0520. The fourth-order valence-electron chi connectivity index (χ4n) is 1.65. The van der Waals surface area contributed by atoms with Gasteiger partial charge in [0.05, 0.1) is 13.7 Å². The van der Waals surface area contributed by atoms with Crippen LogP contribution >= 0.6 is 15.9 Å². The summed E-state index contributed by atoms with van der Waals surface area (Å²) in [5.74, 6) is -0.344. The maximum absolute atomic E-state index is 11.8. The zero-order chi connectivity index (χ0) is 14.7. The zero-order valence-corrected chi connectivity index (χ0v) is 12.4. The van der Waals surface area contributed by atoms with Gasteiger partial charge in [-0.3, -0.25) is 0 Å². The molecule has 0 spiro atoms. The zero-order valence-electron chi connectivity index (χ0n) is 10.8. The Hall–Kier alpha value is -2.09. The number of halogens is 1. The van der Waals surface area contributed by atoms with Crippen LogP contribution in [0.2, 0.25) is 0 Å². The Kier molecular flexibility index (Phi) is 4.23. The van der Waals surface area contributed by atoms with E-state index in [4.69, 9.17) is 9.47 Å². The minimum atomic E-state index is -0.585. The van der Waals surface area contributed by atoms with Gasteiger partial charge >= 0.3 is 5.97 Å². The van der Waals surface area contributed by atoms with Crippen molar-refractivity contribution in [2.45, 2.75) is 6.92 Å². The summed E-state index contributed by atoms with van der Waals surface area (Å²) < 4.78 is 10.5. The number of hydrogen-bond donors (Lipinski definition) is 2. The van der Waals surface area contributed by atoms with Crippen molar-refractivity contribution in [2.75, 3.05) is 13.7 Å². The van der Waals surface area contributed by atoms with Crippen LogP contribution in [0.3, 0.4) is 0 Å². The molecule has 1 aromatic carbocycles. The number of nitrogens with zero attached hydrogens (tertiary/aromatic N) is 2. The van der Waals surface area contributed by atoms with Gasteiger partial charge < -0.3 is 14.6 Å². The van der Waals surface area contributed by atoms with Crippen LogP contribution in [0, 0.1) is 0 Å². The lowest BCUT2D eigenvalue weighted by atomic mass is 10.1. The van der Waals surface area contributed by atoms with E-state index < -0.39 is 5.97 Å². The van der Waals surface area contributed by atoms with Crippen molar-refractivity contribution >= 4 is 21.9 Å². The molecule has 0 saturated carbocycles. The van der Waals surface area contributed by atoms with Gasteiger partial charge in [-0.2, -0.15) is 10.3 Å². The molecule has 0 aliphatic carbocycles. The van der Waals surface area contributed by atoms with Crippen LogP contribution in [0.4, 0.5) is 0 Å². The largest absolute Gasteiger partial charge is 0.504 e. The molecule has 0 fully saturated rings. The minimum absolute atomic E-state index is 0.0529. The van der Waals surface area contributed by atoms with Crippen molar-refractivity contribution in [3.63, 3.8) is 0 Å². The number of carbonyl (C=O) groups excluding carboxylic acids is 1. The number of hydrogen-bond acceptors (Lipinski definition) is 6. The van der Waals surface area contributed by atoms with Crippen LogP contribution < -0.4 is 4.74 Å². The first kappa shape index (κ1) is 14.3. The second-order valence-electron chi connectivity index (χ2n) is 3.75. The highest BCUT2D eigenvalue weighted by atomic mass is 79.9. The third-order valence-corrected chi connectivity index (χ3v) is 3.20. The Morgan fingerprint density at radius 1 is 1.45 bits per heavy atom. The summed E-state index contributed by atoms with van der Waals surface area (Å²) >= 11 is 3.34. The van der Waals surface area contributed by atoms with E-state index in [1.165, 1.54) is 13.2 Å². The van der Waals surface area contributed by atoms with Gasteiger partial charge in [0.15, 0.2) is 17.2 Å². The number of benzene rings is 1. The highest BCUT2D eigenvalue weighted by Crippen LogP contribution is 2.37. The Labute approximate surface area is 123 Å². The van der Waals surface area contributed by atoms with Gasteiger partial charge in [-0.25, -0.2) is 4.79 Å². The van der Waals surface area contributed by atoms with E-state index in [-0.39, 0.29) is 23.7 Å². The van der Waals surface area contributed by atoms with Crippen LogP contribution in [0.1, 0.15) is 17.4 Å². The number of rotatable bonds is 4. The lowest BCUT2D eigenvalue weighted by Crippen LogP contribution is -2.07. The average molecular weight is 342 g/mol. The molecule has 1 heterocycles. The molecule has 2 aromatic rings. The van der Waals surface area contributed by atoms with Crippen LogP contribution in [-0.4, -0.2) is 40.2 Å². The van der Waals surface area contributed by atoms with E-state index in [0.717, 1.165) is 0 Å². The number of aromatic hydroxyl groups is 1. The fraction of sp³-hybridized carbons (Fsp3) is 0.250. The van der Waals surface area contributed by atoms with Crippen LogP contribution in [0.25, 0.3) is 11.3 Å². The summed E-state index contributed by atoms with van der Waals surface area (Å²) in [7, 11) is 1.45. The second kappa shape index (κ2) is 5.91. The molecule has 106 valence electrons. The van der Waals surface area contributed by atoms with Gasteiger partial charge in [0.1, 0.15) is 5.69 Å². The lowest BCUT2D eigenvalue weighted by Gasteiger charge is -2.08. The smallest absolute Gasteiger partial charge is 0.361 e. The van der Waals surface area contributed by atoms with Crippen molar-refractivity contribution in [1.29, 1.82) is 0 Å². The summed E-state index contributed by atoms with van der Waals surface area (Å²) in [5.41, 5.74) is 0.838. The van der Waals surface area contributed by atoms with E-state index in [1.807, 2.05) is 0 Å². The van der Waals surface area contributed by atoms with Gasteiger partial charge in [-0.1, -0.05) is 0 Å². The SMILES string of the molecule is CCOC(=O)c1n[nH]nc1-c1cc(O)c(OC)cc1Br. The maximum atomic E-state index is 11.8. The number of H-pyrrole nitrogens is 1. The molecule has 8 heteroatoms. The predicted molar refractivity (Wildman–Crippen MR) is 73.7 cm³/mol. The quantitative estimate of drug-likeness (QED) is 0.826. The molecule has 7 nitrogen and oxygen atoms in total. The van der Waals surface area contributed by atoms with Crippen molar-refractivity contribution in [3.05, 3.63) is 22.3 Å². The molecule has 20 heavy (non-hydrogen) atoms. The third-order valence-electron chi connectivity index (χ3n) is 2.54. The molecule has 1 aromatic heterocycles. The topological polar surface area (TPSA) is 97.3 Å². The number of esters is 1. The first-order valence-electron chi connectivity index (χ1n) is 5.73. The van der Waals surface area contributed by atoms with Gasteiger partial charge in [-0.05, 0) is 35.0 Å². The van der Waals surface area contributed by atoms with Crippen molar-refractivity contribution < 1.29 is 19.4 Å². The Balaban J connectivity index is 2.50. The second-order valence-corrected chi connectivity index (χ2v) is 4.60. The van der Waals surface area contributed by atoms with E-state index in [0.29, 0.717) is 15.8 Å². The number of carbonyl (C=O) groups is 1. The molecular formula is C12H12BrN3O4. The Morgan fingerprint density at radius 3 is 2.85 bits per heavy atom. The molecule has 0 aliphatic rings. The predicted octanol–water partition coefficient (Wildman–Crippen LogP) is 2.13. The third kappa shape index (κ3) is 2.60. The summed E-state index contributed by atoms with van der Waals surface area (Å²) in [6.45, 7) is 1.94. The molecule has 2 rings (SSSR count). The maximum Gasteiger partial charge on any atom is 0.361 e. The number of ether oxygens (including phenoxy) is 2. The van der Waals surface area contributed by atoms with E-state index >= 15 is 0 Å². The monoisotopic (exact) mass is 341 g/mol. The number of nitrogens with one attached hydrogen (secondary N) is 1. The number of aromatic nitrogens is 3. The normalized spacial score (nSPS) is 10.3. The summed E-state index contributed by atoms with van der Waals surface area (Å²) in [6, 6.07) is 3.01. The number of aromatic amines is 1. The molecule has 0 aliphatic heterocycles. The van der Waals surface area contributed by atoms with E-state index in [1.54, 1.807) is 13.0 Å². The highest BCUT2D eigenvalue weighted by molar-refractivity contribution is 9.10. The molecule has 0 atom stereocenters. The van der Waals surface area contributed by atoms with Gasteiger partial charge in [0.25, 0.3) is 0 Å². The van der Waals surface area contributed by atoms with E-state index in [9.17, 15) is 9.90 Å². The standard InChI is InChI=1S/C12H12BrN3O4/c1-3-20-12(18)11-10(14-16-15-11)6-4-8(17)9(19-2)5-7(6)13/h4-5,17H,3H2,1-2H3,(H,14,15,16). The molecule has 0 saturated heterocycles. The first-order chi connectivity index (χ1) is 9.58. The molecular weight excluding hydrogens is 330 g/mol. The van der Waals surface area contributed by atoms with Crippen molar-refractivity contribution in [2.24, 2.45) is 0 Å². The van der Waals surface area contributed by atoms with Crippen LogP contribution in [0.15, 0.2) is 16.6 Å². The molecule has 0 amide bonds. The Morgan fingerprint density at radius 2 is 2.20 bits per heavy atom. The van der Waals surface area contributed by atoms with Gasteiger partial charge in [-0.15, -0.1) is 5.10 Å². The summed E-state index contributed by atoms with van der Waals surface area (Å²) in [4.78, 5) is 11.8. The van der Waals surface area contributed by atoms with Crippen molar-refractivity contribution in [1.82, 2.24) is 15.4 Å².